The average molecular weight is 223 g/mol. The molecule has 6 heteroatoms. The van der Waals surface area contributed by atoms with Crippen LogP contribution in [-0.4, -0.2) is 20.3 Å². The van der Waals surface area contributed by atoms with Gasteiger partial charge in [-0.05, 0) is 18.2 Å². The molecule has 0 atom stereocenters. The second-order valence-electron chi connectivity index (χ2n) is 2.61. The minimum Gasteiger partial charge on any atom is -0.223 e. The third-order valence-electron chi connectivity index (χ3n) is 1.40. The summed E-state index contributed by atoms with van der Waals surface area (Å²) in [7, 11) is -4.26. The van der Waals surface area contributed by atoms with Crippen molar-refractivity contribution in [1.82, 2.24) is 0 Å². The summed E-state index contributed by atoms with van der Waals surface area (Å²) in [5, 5.41) is 0. The van der Waals surface area contributed by atoms with Crippen LogP contribution >= 0.6 is 0 Å². The maximum Gasteiger partial charge on any atom is 0.403 e. The molecule has 77 valence electrons. The van der Waals surface area contributed by atoms with E-state index in [0.29, 0.717) is 0 Å². The van der Waals surface area contributed by atoms with Crippen molar-refractivity contribution in [2.24, 2.45) is 0 Å². The van der Waals surface area contributed by atoms with Crippen LogP contribution in [-0.2, 0) is 9.84 Å². The first-order chi connectivity index (χ1) is 6.31. The highest BCUT2D eigenvalue weighted by atomic mass is 32.2. The third kappa shape index (κ3) is 3.02. The SMILES string of the molecule is O=S(=O)(CC(F)(F)F)c1cc[c]cc1. The van der Waals surface area contributed by atoms with E-state index < -0.39 is 21.8 Å². The van der Waals surface area contributed by atoms with Crippen LogP contribution in [0.4, 0.5) is 13.2 Å². The Labute approximate surface area is 79.3 Å². The Kier molecular flexibility index (Phi) is 2.84. The lowest BCUT2D eigenvalue weighted by Gasteiger charge is -2.06. The van der Waals surface area contributed by atoms with E-state index in [2.05, 4.69) is 6.07 Å². The number of alkyl halides is 3. The Bertz CT molecular complexity index is 394. The first kappa shape index (κ1) is 11.0. The first-order valence-corrected chi connectivity index (χ1v) is 5.22. The van der Waals surface area contributed by atoms with Gasteiger partial charge in [0, 0.05) is 0 Å². The summed E-state index contributed by atoms with van der Waals surface area (Å²) >= 11 is 0. The van der Waals surface area contributed by atoms with Crippen LogP contribution in [0.15, 0.2) is 29.2 Å². The Morgan fingerprint density at radius 2 is 1.71 bits per heavy atom. The summed E-state index contributed by atoms with van der Waals surface area (Å²) in [5.74, 6) is -1.83. The predicted octanol–water partition coefficient (Wildman–Crippen LogP) is 1.82. The fourth-order valence-corrected chi connectivity index (χ4v) is 2.03. The molecule has 0 bridgehead atoms. The molecule has 0 aromatic heterocycles. The Hall–Kier alpha value is -1.04. The normalized spacial score (nSPS) is 12.8. The van der Waals surface area contributed by atoms with Gasteiger partial charge in [-0.3, -0.25) is 0 Å². The van der Waals surface area contributed by atoms with E-state index in [1.165, 1.54) is 12.1 Å². The molecule has 0 aliphatic rings. The largest absolute Gasteiger partial charge is 0.403 e. The molecule has 0 N–H and O–H groups in total. The van der Waals surface area contributed by atoms with Crippen LogP contribution in [0.5, 0.6) is 0 Å². The Morgan fingerprint density at radius 1 is 1.21 bits per heavy atom. The summed E-state index contributed by atoms with van der Waals surface area (Å²) in [6.45, 7) is 0. The van der Waals surface area contributed by atoms with Crippen LogP contribution in [0, 0.1) is 6.07 Å². The number of benzene rings is 1. The topological polar surface area (TPSA) is 34.1 Å². The van der Waals surface area contributed by atoms with Gasteiger partial charge in [0.25, 0.3) is 0 Å². The van der Waals surface area contributed by atoms with E-state index >= 15 is 0 Å². The highest BCUT2D eigenvalue weighted by Gasteiger charge is 2.35. The molecule has 14 heavy (non-hydrogen) atoms. The minimum atomic E-state index is -4.71. The van der Waals surface area contributed by atoms with E-state index in [1.807, 2.05) is 0 Å². The summed E-state index contributed by atoms with van der Waals surface area (Å²) in [5.41, 5.74) is 0. The van der Waals surface area contributed by atoms with Crippen molar-refractivity contribution in [1.29, 1.82) is 0 Å². The number of hydrogen-bond acceptors (Lipinski definition) is 2. The van der Waals surface area contributed by atoms with Gasteiger partial charge < -0.3 is 0 Å². The maximum atomic E-state index is 11.8. The van der Waals surface area contributed by atoms with Crippen molar-refractivity contribution in [2.45, 2.75) is 11.1 Å². The highest BCUT2D eigenvalue weighted by molar-refractivity contribution is 7.91. The minimum absolute atomic E-state index is 0.339. The van der Waals surface area contributed by atoms with Gasteiger partial charge in [-0.1, -0.05) is 12.1 Å². The molecule has 0 saturated heterocycles. The lowest BCUT2D eigenvalue weighted by molar-refractivity contribution is -0.106. The molecule has 0 unspecified atom stereocenters. The molecule has 0 saturated carbocycles. The molecule has 1 rings (SSSR count). The van der Waals surface area contributed by atoms with Gasteiger partial charge in [0.15, 0.2) is 15.6 Å². The molecule has 0 amide bonds. The summed E-state index contributed by atoms with van der Waals surface area (Å²) in [4.78, 5) is -0.339. The van der Waals surface area contributed by atoms with Gasteiger partial charge in [-0.25, -0.2) is 8.42 Å². The van der Waals surface area contributed by atoms with Gasteiger partial charge in [0.05, 0.1) is 4.90 Å². The predicted molar refractivity (Wildman–Crippen MR) is 43.4 cm³/mol. The van der Waals surface area contributed by atoms with Crippen molar-refractivity contribution in [3.05, 3.63) is 30.3 Å². The Morgan fingerprint density at radius 3 is 2.14 bits per heavy atom. The lowest BCUT2D eigenvalue weighted by Crippen LogP contribution is -2.22. The zero-order valence-electron chi connectivity index (χ0n) is 6.88. The van der Waals surface area contributed by atoms with Crippen molar-refractivity contribution in [3.8, 4) is 0 Å². The van der Waals surface area contributed by atoms with Crippen molar-refractivity contribution < 1.29 is 21.6 Å². The molecule has 0 fully saturated rings. The maximum absolute atomic E-state index is 11.8. The number of rotatable bonds is 2. The first-order valence-electron chi connectivity index (χ1n) is 3.57. The quantitative estimate of drug-likeness (QED) is 0.766. The van der Waals surface area contributed by atoms with Crippen LogP contribution < -0.4 is 0 Å². The van der Waals surface area contributed by atoms with Gasteiger partial charge in [-0.15, -0.1) is 0 Å². The lowest BCUT2D eigenvalue weighted by atomic mass is 10.4. The molecule has 0 aliphatic heterocycles. The highest BCUT2D eigenvalue weighted by Crippen LogP contribution is 2.21. The van der Waals surface area contributed by atoms with Crippen LogP contribution in [0.2, 0.25) is 0 Å². The number of hydrogen-bond donors (Lipinski definition) is 0. The fraction of sp³-hybridized carbons (Fsp3) is 0.250. The smallest absolute Gasteiger partial charge is 0.223 e. The van der Waals surface area contributed by atoms with Gasteiger partial charge in [0.2, 0.25) is 0 Å². The van der Waals surface area contributed by atoms with Crippen LogP contribution in [0.25, 0.3) is 0 Å². The molecular formula is C8H6F3O2S. The van der Waals surface area contributed by atoms with Crippen molar-refractivity contribution in [3.63, 3.8) is 0 Å². The van der Waals surface area contributed by atoms with Crippen molar-refractivity contribution in [2.75, 3.05) is 5.75 Å². The Balaban J connectivity index is 2.99. The number of sulfone groups is 1. The van der Waals surface area contributed by atoms with Crippen LogP contribution in [0.3, 0.4) is 0 Å². The van der Waals surface area contributed by atoms with Crippen LogP contribution in [0.1, 0.15) is 0 Å². The molecule has 1 radical (unpaired) electrons. The molecule has 2 nitrogen and oxygen atoms in total. The van der Waals surface area contributed by atoms with E-state index in [1.54, 1.807) is 0 Å². The molecule has 1 aromatic carbocycles. The number of halogens is 3. The van der Waals surface area contributed by atoms with E-state index in [9.17, 15) is 21.6 Å². The monoisotopic (exact) mass is 223 g/mol. The zero-order valence-corrected chi connectivity index (χ0v) is 7.69. The van der Waals surface area contributed by atoms with Crippen molar-refractivity contribution >= 4 is 9.84 Å². The summed E-state index contributed by atoms with van der Waals surface area (Å²) < 4.78 is 57.8. The third-order valence-corrected chi connectivity index (χ3v) is 3.10. The average Bonchev–Trinajstić information content (AvgIpc) is 2.01. The van der Waals surface area contributed by atoms with Gasteiger partial charge in [-0.2, -0.15) is 13.2 Å². The molecule has 0 spiro atoms. The van der Waals surface area contributed by atoms with E-state index in [4.69, 9.17) is 0 Å². The molecule has 0 heterocycles. The summed E-state index contributed by atoms with van der Waals surface area (Å²) in [6, 6.07) is 7.20. The second kappa shape index (κ2) is 3.61. The summed E-state index contributed by atoms with van der Waals surface area (Å²) in [6.07, 6.45) is -4.71. The fourth-order valence-electron chi connectivity index (χ4n) is 0.878. The van der Waals surface area contributed by atoms with Gasteiger partial charge >= 0.3 is 6.18 Å². The molecule has 1 aromatic rings. The van der Waals surface area contributed by atoms with Gasteiger partial charge in [0.1, 0.15) is 0 Å². The molecule has 0 aliphatic carbocycles. The van der Waals surface area contributed by atoms with E-state index in [-0.39, 0.29) is 4.90 Å². The zero-order chi connectivity index (χ0) is 10.8. The molecular weight excluding hydrogens is 217 g/mol. The second-order valence-corrected chi connectivity index (χ2v) is 4.60. The van der Waals surface area contributed by atoms with E-state index in [0.717, 1.165) is 12.1 Å². The standard InChI is InChI=1S/C8H6F3O2S/c9-8(10,11)6-14(12,13)7-4-2-1-3-5-7/h2-5H,6H2.